The van der Waals surface area contributed by atoms with Crippen molar-refractivity contribution in [2.24, 2.45) is 0 Å². The summed E-state index contributed by atoms with van der Waals surface area (Å²) in [6, 6.07) is 6.00. The first kappa shape index (κ1) is 11.5. The van der Waals surface area contributed by atoms with Gasteiger partial charge in [0.15, 0.2) is 0 Å². The van der Waals surface area contributed by atoms with Crippen molar-refractivity contribution in [3.05, 3.63) is 30.1 Å². The molecular weight excluding hydrogens is 194 g/mol. The number of halogens is 1. The van der Waals surface area contributed by atoms with Crippen molar-refractivity contribution in [3.63, 3.8) is 0 Å². The summed E-state index contributed by atoms with van der Waals surface area (Å²) >= 11 is 6.30. The number of aromatic nitrogens is 1. The molecule has 78 valence electrons. The molecule has 2 atom stereocenters. The van der Waals surface area contributed by atoms with E-state index in [9.17, 15) is 0 Å². The number of alkyl halides is 1. The van der Waals surface area contributed by atoms with Gasteiger partial charge in [-0.25, -0.2) is 0 Å². The molecule has 0 N–H and O–H groups in total. The highest BCUT2D eigenvalue weighted by Gasteiger charge is 2.16. The van der Waals surface area contributed by atoms with Gasteiger partial charge in [0.2, 0.25) is 0 Å². The molecule has 0 saturated heterocycles. The van der Waals surface area contributed by atoms with Gasteiger partial charge in [0.05, 0.1) is 0 Å². The highest BCUT2D eigenvalue weighted by Crippen LogP contribution is 2.25. The fraction of sp³-hybridized carbons (Fsp3) is 0.583. The van der Waals surface area contributed by atoms with Crippen molar-refractivity contribution in [1.82, 2.24) is 4.98 Å². The Labute approximate surface area is 91.5 Å². The van der Waals surface area contributed by atoms with Crippen LogP contribution in [0.15, 0.2) is 24.4 Å². The number of hydrogen-bond donors (Lipinski definition) is 0. The van der Waals surface area contributed by atoms with Crippen LogP contribution in [0.25, 0.3) is 0 Å². The molecule has 1 aromatic rings. The van der Waals surface area contributed by atoms with Gasteiger partial charge in [0.25, 0.3) is 0 Å². The highest BCUT2D eigenvalue weighted by atomic mass is 35.5. The first-order valence-electron chi connectivity index (χ1n) is 5.30. The third-order valence-corrected chi connectivity index (χ3v) is 3.13. The molecule has 0 aromatic carbocycles. The van der Waals surface area contributed by atoms with Crippen LogP contribution in [-0.2, 0) is 0 Å². The lowest BCUT2D eigenvalue weighted by Crippen LogP contribution is -2.10. The van der Waals surface area contributed by atoms with Gasteiger partial charge >= 0.3 is 0 Å². The van der Waals surface area contributed by atoms with Crippen LogP contribution in [0, 0.1) is 0 Å². The Morgan fingerprint density at radius 3 is 2.79 bits per heavy atom. The molecule has 0 radical (unpaired) electrons. The smallest absolute Gasteiger partial charge is 0.0446 e. The lowest BCUT2D eigenvalue weighted by molar-refractivity contribution is 0.596. The zero-order chi connectivity index (χ0) is 10.4. The molecule has 1 rings (SSSR count). The van der Waals surface area contributed by atoms with Crippen LogP contribution >= 0.6 is 11.6 Å². The Bertz CT molecular complexity index is 248. The van der Waals surface area contributed by atoms with E-state index in [0.29, 0.717) is 5.92 Å². The topological polar surface area (TPSA) is 12.9 Å². The Balaban J connectivity index is 2.52. The molecule has 0 aliphatic carbocycles. The molecule has 2 heteroatoms. The first-order valence-corrected chi connectivity index (χ1v) is 5.74. The molecule has 1 aromatic heterocycles. The summed E-state index contributed by atoms with van der Waals surface area (Å²) in [7, 11) is 0. The molecule has 0 fully saturated rings. The molecule has 0 saturated carbocycles. The summed E-state index contributed by atoms with van der Waals surface area (Å²) in [5, 5.41) is 0.213. The maximum absolute atomic E-state index is 6.30. The van der Waals surface area contributed by atoms with Gasteiger partial charge < -0.3 is 0 Å². The molecule has 0 spiro atoms. The molecule has 2 unspecified atom stereocenters. The Kier molecular flexibility index (Phi) is 4.95. The summed E-state index contributed by atoms with van der Waals surface area (Å²) in [4.78, 5) is 4.32. The van der Waals surface area contributed by atoms with Gasteiger partial charge in [-0.3, -0.25) is 4.98 Å². The number of pyridine rings is 1. The van der Waals surface area contributed by atoms with Gasteiger partial charge in [0, 0.05) is 23.2 Å². The second-order valence-corrected chi connectivity index (χ2v) is 4.26. The predicted molar refractivity (Wildman–Crippen MR) is 61.8 cm³/mol. The maximum Gasteiger partial charge on any atom is 0.0446 e. The minimum absolute atomic E-state index is 0.213. The van der Waals surface area contributed by atoms with E-state index < -0.39 is 0 Å². The van der Waals surface area contributed by atoms with Crippen molar-refractivity contribution in [1.29, 1.82) is 0 Å². The van der Waals surface area contributed by atoms with Crippen molar-refractivity contribution < 1.29 is 0 Å². The van der Waals surface area contributed by atoms with E-state index in [2.05, 4.69) is 18.8 Å². The summed E-state index contributed by atoms with van der Waals surface area (Å²) < 4.78 is 0. The average molecular weight is 212 g/mol. The standard InChI is InChI=1S/C12H18ClN/c1-3-4-7-11(13)10(2)12-8-5-6-9-14-12/h5-6,8-11H,3-4,7H2,1-2H3. The van der Waals surface area contributed by atoms with Gasteiger partial charge in [-0.1, -0.05) is 32.8 Å². The van der Waals surface area contributed by atoms with Gasteiger partial charge in [-0.15, -0.1) is 11.6 Å². The Hall–Kier alpha value is -0.560. The normalized spacial score (nSPS) is 15.1. The fourth-order valence-electron chi connectivity index (χ4n) is 1.48. The molecular formula is C12H18ClN. The number of rotatable bonds is 5. The molecule has 0 aliphatic heterocycles. The van der Waals surface area contributed by atoms with Crippen molar-refractivity contribution in [2.75, 3.05) is 0 Å². The van der Waals surface area contributed by atoms with E-state index in [1.54, 1.807) is 0 Å². The zero-order valence-corrected chi connectivity index (χ0v) is 9.67. The monoisotopic (exact) mass is 211 g/mol. The van der Waals surface area contributed by atoms with E-state index in [4.69, 9.17) is 11.6 Å². The zero-order valence-electron chi connectivity index (χ0n) is 8.91. The SMILES string of the molecule is CCCCC(Cl)C(C)c1ccccn1. The molecule has 0 bridgehead atoms. The van der Waals surface area contributed by atoms with Gasteiger partial charge in [-0.2, -0.15) is 0 Å². The Morgan fingerprint density at radius 2 is 2.21 bits per heavy atom. The maximum atomic E-state index is 6.30. The first-order chi connectivity index (χ1) is 6.75. The van der Waals surface area contributed by atoms with E-state index in [1.807, 2.05) is 24.4 Å². The lowest BCUT2D eigenvalue weighted by atomic mass is 9.99. The average Bonchev–Trinajstić information content (AvgIpc) is 2.26. The third-order valence-electron chi connectivity index (χ3n) is 2.53. The number of hydrogen-bond acceptors (Lipinski definition) is 1. The van der Waals surface area contributed by atoms with Gasteiger partial charge in [0.1, 0.15) is 0 Å². The van der Waals surface area contributed by atoms with Crippen molar-refractivity contribution >= 4 is 11.6 Å². The molecule has 0 amide bonds. The van der Waals surface area contributed by atoms with Gasteiger partial charge in [-0.05, 0) is 18.6 Å². The predicted octanol–water partition coefficient (Wildman–Crippen LogP) is 3.98. The number of unbranched alkanes of at least 4 members (excludes halogenated alkanes) is 1. The van der Waals surface area contributed by atoms with E-state index in [1.165, 1.54) is 12.8 Å². The lowest BCUT2D eigenvalue weighted by Gasteiger charge is -2.16. The molecule has 1 heterocycles. The van der Waals surface area contributed by atoms with Crippen LogP contribution in [0.4, 0.5) is 0 Å². The minimum Gasteiger partial charge on any atom is -0.261 e. The van der Waals surface area contributed by atoms with Crippen molar-refractivity contribution in [2.45, 2.75) is 44.4 Å². The van der Waals surface area contributed by atoms with Crippen LogP contribution in [-0.4, -0.2) is 10.4 Å². The summed E-state index contributed by atoms with van der Waals surface area (Å²) in [5.74, 6) is 0.351. The largest absolute Gasteiger partial charge is 0.261 e. The van der Waals surface area contributed by atoms with Crippen LogP contribution in [0.5, 0.6) is 0 Å². The summed E-state index contributed by atoms with van der Waals surface area (Å²) in [5.41, 5.74) is 1.10. The fourth-order valence-corrected chi connectivity index (χ4v) is 1.76. The van der Waals surface area contributed by atoms with Crippen LogP contribution in [0.1, 0.15) is 44.7 Å². The second kappa shape index (κ2) is 6.02. The van der Waals surface area contributed by atoms with E-state index >= 15 is 0 Å². The third kappa shape index (κ3) is 3.30. The molecule has 1 nitrogen and oxygen atoms in total. The van der Waals surface area contributed by atoms with Crippen LogP contribution in [0.3, 0.4) is 0 Å². The highest BCUT2D eigenvalue weighted by molar-refractivity contribution is 6.21. The van der Waals surface area contributed by atoms with E-state index in [0.717, 1.165) is 12.1 Å². The second-order valence-electron chi connectivity index (χ2n) is 3.70. The summed E-state index contributed by atoms with van der Waals surface area (Å²) in [6.45, 7) is 4.34. The van der Waals surface area contributed by atoms with E-state index in [-0.39, 0.29) is 5.38 Å². The van der Waals surface area contributed by atoms with Crippen LogP contribution in [0.2, 0.25) is 0 Å². The molecule has 0 aliphatic rings. The van der Waals surface area contributed by atoms with Crippen LogP contribution < -0.4 is 0 Å². The van der Waals surface area contributed by atoms with Crippen molar-refractivity contribution in [3.8, 4) is 0 Å². The quantitative estimate of drug-likeness (QED) is 0.672. The summed E-state index contributed by atoms with van der Waals surface area (Å²) in [6.07, 6.45) is 5.31. The Morgan fingerprint density at radius 1 is 1.43 bits per heavy atom. The minimum atomic E-state index is 0.213. The number of nitrogens with zero attached hydrogens (tertiary/aromatic N) is 1. The molecule has 14 heavy (non-hydrogen) atoms.